The summed E-state index contributed by atoms with van der Waals surface area (Å²) in [6.07, 6.45) is 3.40. The predicted octanol–water partition coefficient (Wildman–Crippen LogP) is 2.40. The number of fused-ring (bicyclic) bond motifs is 1. The summed E-state index contributed by atoms with van der Waals surface area (Å²) in [5, 5.41) is 4.03. The summed E-state index contributed by atoms with van der Waals surface area (Å²) in [6, 6.07) is 2.06. The second-order valence-corrected chi connectivity index (χ2v) is 4.62. The van der Waals surface area contributed by atoms with Gasteiger partial charge in [0.15, 0.2) is 5.58 Å². The Bertz CT molecular complexity index is 712. The summed E-state index contributed by atoms with van der Waals surface area (Å²) in [5.74, 6) is -0.253. The average Bonchev–Trinajstić information content (AvgIpc) is 2.95. The highest BCUT2D eigenvalue weighted by Gasteiger charge is 2.18. The molecule has 1 aromatic carbocycles. The second kappa shape index (κ2) is 4.32. The molecule has 2 N–H and O–H groups in total. The molecule has 0 bridgehead atoms. The third-order valence-corrected chi connectivity index (χ3v) is 3.09. The minimum absolute atomic E-state index is 0.00213. The van der Waals surface area contributed by atoms with E-state index in [1.807, 2.05) is 0 Å². The fourth-order valence-electron chi connectivity index (χ4n) is 1.82. The molecule has 0 aliphatic rings. The molecule has 3 rings (SSSR count). The lowest BCUT2D eigenvalue weighted by Crippen LogP contribution is -2.11. The number of hydrogen-bond donors (Lipinski definition) is 1. The maximum atomic E-state index is 13.3. The predicted molar refractivity (Wildman–Crippen MR) is 68.2 cm³/mol. The van der Waals surface area contributed by atoms with E-state index in [4.69, 9.17) is 21.8 Å². The topological polar surface area (TPSA) is 69.9 Å². The van der Waals surface area contributed by atoms with E-state index >= 15 is 0 Å². The summed E-state index contributed by atoms with van der Waals surface area (Å²) >= 11 is 5.70. The standard InChI is InChI=1S/C12H10ClFN4O/c1-18-5-6(4-16-18)11(15)12-17-9-2-7(13)8(14)3-10(9)19-12/h2-5,11H,15H2,1H3. The lowest BCUT2D eigenvalue weighted by Gasteiger charge is -2.02. The highest BCUT2D eigenvalue weighted by molar-refractivity contribution is 6.31. The first kappa shape index (κ1) is 12.1. The molecular weight excluding hydrogens is 271 g/mol. The fraction of sp³-hybridized carbons (Fsp3) is 0.167. The van der Waals surface area contributed by atoms with Crippen molar-refractivity contribution in [3.8, 4) is 0 Å². The molecule has 0 spiro atoms. The van der Waals surface area contributed by atoms with Crippen LogP contribution in [0.4, 0.5) is 4.39 Å². The van der Waals surface area contributed by atoms with Gasteiger partial charge in [-0.05, 0) is 6.07 Å². The van der Waals surface area contributed by atoms with Crippen LogP contribution in [0.3, 0.4) is 0 Å². The highest BCUT2D eigenvalue weighted by Crippen LogP contribution is 2.27. The number of halogens is 2. The van der Waals surface area contributed by atoms with Crippen LogP contribution < -0.4 is 5.73 Å². The number of hydrogen-bond acceptors (Lipinski definition) is 4. The molecule has 2 heterocycles. The van der Waals surface area contributed by atoms with Crippen LogP contribution in [0, 0.1) is 5.82 Å². The summed E-state index contributed by atoms with van der Waals surface area (Å²) in [5.41, 5.74) is 7.59. The van der Waals surface area contributed by atoms with Crippen LogP contribution in [-0.4, -0.2) is 14.8 Å². The van der Waals surface area contributed by atoms with Crippen LogP contribution in [0.5, 0.6) is 0 Å². The summed E-state index contributed by atoms with van der Waals surface area (Å²) in [7, 11) is 1.79. The largest absolute Gasteiger partial charge is 0.438 e. The van der Waals surface area contributed by atoms with Crippen molar-refractivity contribution < 1.29 is 8.81 Å². The number of aromatic nitrogens is 3. The lowest BCUT2D eigenvalue weighted by molar-refractivity contribution is 0.503. The third kappa shape index (κ3) is 2.09. The molecule has 0 amide bonds. The Morgan fingerprint density at radius 1 is 1.47 bits per heavy atom. The Hall–Kier alpha value is -1.92. The summed E-state index contributed by atoms with van der Waals surface area (Å²) < 4.78 is 20.4. The minimum Gasteiger partial charge on any atom is -0.438 e. The maximum absolute atomic E-state index is 13.3. The van der Waals surface area contributed by atoms with Gasteiger partial charge in [-0.1, -0.05) is 11.6 Å². The van der Waals surface area contributed by atoms with E-state index in [0.717, 1.165) is 5.56 Å². The molecule has 5 nitrogen and oxygen atoms in total. The molecule has 1 atom stereocenters. The Balaban J connectivity index is 2.05. The molecule has 0 fully saturated rings. The molecule has 3 aromatic rings. The Kier molecular flexibility index (Phi) is 2.76. The Morgan fingerprint density at radius 3 is 2.95 bits per heavy atom. The van der Waals surface area contributed by atoms with Crippen LogP contribution in [-0.2, 0) is 7.05 Å². The van der Waals surface area contributed by atoms with Crippen molar-refractivity contribution in [3.63, 3.8) is 0 Å². The lowest BCUT2D eigenvalue weighted by atomic mass is 10.2. The molecule has 1 unspecified atom stereocenters. The molecule has 7 heteroatoms. The molecule has 2 aromatic heterocycles. The van der Waals surface area contributed by atoms with E-state index in [2.05, 4.69) is 10.1 Å². The van der Waals surface area contributed by atoms with E-state index < -0.39 is 11.9 Å². The molecule has 0 aliphatic carbocycles. The van der Waals surface area contributed by atoms with Crippen LogP contribution in [0.2, 0.25) is 5.02 Å². The quantitative estimate of drug-likeness (QED) is 0.782. The number of oxazole rings is 1. The first-order chi connectivity index (χ1) is 9.04. The number of rotatable bonds is 2. The molecule has 0 aliphatic heterocycles. The van der Waals surface area contributed by atoms with Crippen molar-refractivity contribution in [2.75, 3.05) is 0 Å². The van der Waals surface area contributed by atoms with Crippen LogP contribution in [0.15, 0.2) is 28.9 Å². The van der Waals surface area contributed by atoms with E-state index in [1.54, 1.807) is 24.1 Å². The van der Waals surface area contributed by atoms with Crippen molar-refractivity contribution in [1.82, 2.24) is 14.8 Å². The molecule has 0 saturated carbocycles. The third-order valence-electron chi connectivity index (χ3n) is 2.80. The normalized spacial score (nSPS) is 13.1. The van der Waals surface area contributed by atoms with Crippen LogP contribution in [0.1, 0.15) is 17.5 Å². The minimum atomic E-state index is -0.553. The number of benzene rings is 1. The van der Waals surface area contributed by atoms with Gasteiger partial charge in [0.1, 0.15) is 17.4 Å². The van der Waals surface area contributed by atoms with Gasteiger partial charge in [0.25, 0.3) is 0 Å². The first-order valence-electron chi connectivity index (χ1n) is 5.54. The van der Waals surface area contributed by atoms with Gasteiger partial charge < -0.3 is 10.2 Å². The summed E-state index contributed by atoms with van der Waals surface area (Å²) in [4.78, 5) is 4.22. The maximum Gasteiger partial charge on any atom is 0.217 e. The SMILES string of the molecule is Cn1cc(C(N)c2nc3cc(Cl)c(F)cc3o2)cn1. The number of nitrogens with zero attached hydrogens (tertiary/aromatic N) is 3. The van der Waals surface area contributed by atoms with Crippen LogP contribution >= 0.6 is 11.6 Å². The van der Waals surface area contributed by atoms with E-state index in [0.29, 0.717) is 17.0 Å². The van der Waals surface area contributed by atoms with Crippen molar-refractivity contribution in [2.24, 2.45) is 12.8 Å². The molecule has 0 radical (unpaired) electrons. The number of aryl methyl sites for hydroxylation is 1. The summed E-state index contributed by atoms with van der Waals surface area (Å²) in [6.45, 7) is 0. The zero-order valence-corrected chi connectivity index (χ0v) is 10.7. The van der Waals surface area contributed by atoms with E-state index in [1.165, 1.54) is 12.1 Å². The zero-order chi connectivity index (χ0) is 13.6. The first-order valence-corrected chi connectivity index (χ1v) is 5.92. The van der Waals surface area contributed by atoms with Crippen molar-refractivity contribution in [1.29, 1.82) is 0 Å². The molecule has 0 saturated heterocycles. The van der Waals surface area contributed by atoms with Crippen LogP contribution in [0.25, 0.3) is 11.1 Å². The van der Waals surface area contributed by atoms with Gasteiger partial charge in [-0.2, -0.15) is 5.10 Å². The van der Waals surface area contributed by atoms with E-state index in [-0.39, 0.29) is 5.02 Å². The molecule has 19 heavy (non-hydrogen) atoms. The van der Waals surface area contributed by atoms with Gasteiger partial charge in [-0.25, -0.2) is 9.37 Å². The monoisotopic (exact) mass is 280 g/mol. The van der Waals surface area contributed by atoms with Gasteiger partial charge in [-0.15, -0.1) is 0 Å². The van der Waals surface area contributed by atoms with Crippen molar-refractivity contribution in [2.45, 2.75) is 6.04 Å². The fourth-order valence-corrected chi connectivity index (χ4v) is 1.98. The van der Waals surface area contributed by atoms with Gasteiger partial charge in [0, 0.05) is 24.9 Å². The smallest absolute Gasteiger partial charge is 0.217 e. The second-order valence-electron chi connectivity index (χ2n) is 4.21. The van der Waals surface area contributed by atoms with Crippen molar-refractivity contribution >= 4 is 22.7 Å². The van der Waals surface area contributed by atoms with Gasteiger partial charge in [0.2, 0.25) is 5.89 Å². The molecular formula is C12H10ClFN4O. The van der Waals surface area contributed by atoms with Gasteiger partial charge in [-0.3, -0.25) is 4.68 Å². The zero-order valence-electron chi connectivity index (χ0n) is 9.97. The van der Waals surface area contributed by atoms with E-state index in [9.17, 15) is 4.39 Å². The van der Waals surface area contributed by atoms with Crippen molar-refractivity contribution in [3.05, 3.63) is 46.8 Å². The van der Waals surface area contributed by atoms with Gasteiger partial charge in [0.05, 0.1) is 11.2 Å². The molecule has 98 valence electrons. The Labute approximate surface area is 112 Å². The average molecular weight is 281 g/mol. The number of nitrogens with two attached hydrogens (primary N) is 1. The van der Waals surface area contributed by atoms with Gasteiger partial charge >= 0.3 is 0 Å². The highest BCUT2D eigenvalue weighted by atomic mass is 35.5. The Morgan fingerprint density at radius 2 is 2.26 bits per heavy atom.